The van der Waals surface area contributed by atoms with Gasteiger partial charge in [-0.1, -0.05) is 6.92 Å². The van der Waals surface area contributed by atoms with E-state index in [1.165, 1.54) is 6.92 Å². The van der Waals surface area contributed by atoms with E-state index in [2.05, 4.69) is 16.0 Å². The molecular weight excluding hydrogens is 388 g/mol. The topological polar surface area (TPSA) is 189 Å². The minimum absolute atomic E-state index is 0.366. The summed E-state index contributed by atoms with van der Waals surface area (Å²) in [6.07, 6.45) is -5.05. The van der Waals surface area contributed by atoms with Gasteiger partial charge in [-0.2, -0.15) is 0 Å². The zero-order chi connectivity index (χ0) is 22.1. The van der Waals surface area contributed by atoms with Crippen LogP contribution in [0, 0.1) is 0 Å². The Balaban J connectivity index is 2.82. The third-order valence-electron chi connectivity index (χ3n) is 4.16. The Bertz CT molecular complexity index is 600. The van der Waals surface area contributed by atoms with Gasteiger partial charge in [0.1, 0.15) is 31.0 Å². The monoisotopic (exact) mass is 418 g/mol. The quantitative estimate of drug-likeness (QED) is 0.210. The van der Waals surface area contributed by atoms with Crippen LogP contribution < -0.4 is 21.7 Å². The van der Waals surface area contributed by atoms with Gasteiger partial charge in [0.15, 0.2) is 6.23 Å². The third kappa shape index (κ3) is 7.93. The molecule has 0 radical (unpaired) electrons. The van der Waals surface area contributed by atoms with E-state index < -0.39 is 60.3 Å². The maximum absolute atomic E-state index is 12.3. The average Bonchev–Trinajstić information content (AvgIpc) is 2.63. The third-order valence-corrected chi connectivity index (χ3v) is 4.16. The predicted octanol–water partition coefficient (Wildman–Crippen LogP) is -3.14. The first-order chi connectivity index (χ1) is 13.6. The largest absolute Gasteiger partial charge is 0.463 e. The first-order valence-corrected chi connectivity index (χ1v) is 9.31. The smallest absolute Gasteiger partial charge is 0.302 e. The Hall–Kier alpha value is -2.28. The predicted molar refractivity (Wildman–Crippen MR) is 98.9 cm³/mol. The fourth-order valence-corrected chi connectivity index (χ4v) is 2.71. The molecule has 0 bridgehead atoms. The van der Waals surface area contributed by atoms with Gasteiger partial charge in [-0.05, 0) is 6.42 Å². The van der Waals surface area contributed by atoms with Crippen LogP contribution in [-0.4, -0.2) is 83.7 Å². The second-order valence-corrected chi connectivity index (χ2v) is 6.77. The highest BCUT2D eigenvalue weighted by molar-refractivity contribution is 5.88. The van der Waals surface area contributed by atoms with Crippen molar-refractivity contribution in [1.82, 2.24) is 16.0 Å². The highest BCUT2D eigenvalue weighted by Gasteiger charge is 2.46. The Labute approximate surface area is 168 Å². The molecular formula is C17H30N4O8. The lowest BCUT2D eigenvalue weighted by Gasteiger charge is -2.42. The summed E-state index contributed by atoms with van der Waals surface area (Å²) in [7, 11) is 0. The number of esters is 1. The summed E-state index contributed by atoms with van der Waals surface area (Å²) < 4.78 is 10.3. The molecule has 12 heteroatoms. The van der Waals surface area contributed by atoms with Crippen molar-refractivity contribution in [1.29, 1.82) is 0 Å². The van der Waals surface area contributed by atoms with Crippen LogP contribution >= 0.6 is 0 Å². The number of ether oxygens (including phenoxy) is 2. The maximum atomic E-state index is 12.3. The van der Waals surface area contributed by atoms with Gasteiger partial charge in [0, 0.05) is 20.4 Å². The molecule has 1 heterocycles. The summed E-state index contributed by atoms with van der Waals surface area (Å²) in [5.74, 6) is -2.31. The average molecular weight is 418 g/mol. The summed E-state index contributed by atoms with van der Waals surface area (Å²) in [5, 5.41) is 27.9. The second kappa shape index (κ2) is 11.7. The van der Waals surface area contributed by atoms with Crippen LogP contribution in [-0.2, 0) is 28.7 Å². The lowest BCUT2D eigenvalue weighted by molar-refractivity contribution is -0.208. The van der Waals surface area contributed by atoms with Gasteiger partial charge in [0.25, 0.3) is 0 Å². The van der Waals surface area contributed by atoms with Crippen molar-refractivity contribution in [3.63, 3.8) is 0 Å². The fraction of sp³-hybridized carbons (Fsp3) is 0.765. The van der Waals surface area contributed by atoms with Gasteiger partial charge in [-0.25, -0.2) is 0 Å². The molecule has 166 valence electrons. The number of aliphatic hydroxyl groups excluding tert-OH is 2. The number of hydrogen-bond acceptors (Lipinski definition) is 9. The minimum Gasteiger partial charge on any atom is -0.463 e. The molecule has 0 unspecified atom stereocenters. The minimum atomic E-state index is -1.51. The summed E-state index contributed by atoms with van der Waals surface area (Å²) in [6.45, 7) is 4.28. The first kappa shape index (κ1) is 24.8. The highest BCUT2D eigenvalue weighted by Crippen LogP contribution is 2.21. The van der Waals surface area contributed by atoms with E-state index in [1.54, 1.807) is 0 Å². The Morgan fingerprint density at radius 3 is 2.34 bits per heavy atom. The van der Waals surface area contributed by atoms with Crippen molar-refractivity contribution in [2.75, 3.05) is 13.2 Å². The first-order valence-electron chi connectivity index (χ1n) is 9.31. The Kier molecular flexibility index (Phi) is 9.95. The normalized spacial score (nSPS) is 27.4. The fourth-order valence-electron chi connectivity index (χ4n) is 2.71. The second-order valence-electron chi connectivity index (χ2n) is 6.77. The number of amides is 3. The van der Waals surface area contributed by atoms with E-state index in [-0.39, 0.29) is 13.0 Å². The molecule has 0 aliphatic carbocycles. The van der Waals surface area contributed by atoms with E-state index in [4.69, 9.17) is 15.2 Å². The number of hydrogen-bond donors (Lipinski definition) is 6. The lowest BCUT2D eigenvalue weighted by Crippen LogP contribution is -2.68. The SMILES string of the molecule is CCCNC(=O)[C@@H](N)CC(=O)N[C@@H]1O[C@H](COC(C)=O)[C@@H](O)[C@H](O)[C@H]1NC(C)=O. The van der Waals surface area contributed by atoms with Crippen molar-refractivity contribution in [2.24, 2.45) is 5.73 Å². The number of carbonyl (C=O) groups excluding carboxylic acids is 4. The molecule has 0 aromatic carbocycles. The van der Waals surface area contributed by atoms with Crippen molar-refractivity contribution in [3.8, 4) is 0 Å². The zero-order valence-corrected chi connectivity index (χ0v) is 16.7. The van der Waals surface area contributed by atoms with E-state index >= 15 is 0 Å². The molecule has 7 N–H and O–H groups in total. The van der Waals surface area contributed by atoms with Crippen LogP contribution in [0.15, 0.2) is 0 Å². The number of aliphatic hydroxyl groups is 2. The lowest BCUT2D eigenvalue weighted by atomic mass is 9.95. The van der Waals surface area contributed by atoms with Crippen LogP contribution in [0.1, 0.15) is 33.6 Å². The van der Waals surface area contributed by atoms with Crippen LogP contribution in [0.3, 0.4) is 0 Å². The number of nitrogens with two attached hydrogens (primary N) is 1. The molecule has 0 aromatic heterocycles. The van der Waals surface area contributed by atoms with Gasteiger partial charge in [0.2, 0.25) is 17.7 Å². The van der Waals surface area contributed by atoms with Gasteiger partial charge >= 0.3 is 5.97 Å². The van der Waals surface area contributed by atoms with Crippen molar-refractivity contribution >= 4 is 23.7 Å². The maximum Gasteiger partial charge on any atom is 0.302 e. The van der Waals surface area contributed by atoms with Gasteiger partial charge < -0.3 is 41.4 Å². The summed E-state index contributed by atoms with van der Waals surface area (Å²) in [4.78, 5) is 46.6. The highest BCUT2D eigenvalue weighted by atomic mass is 16.6. The molecule has 1 aliphatic rings. The molecule has 29 heavy (non-hydrogen) atoms. The summed E-state index contributed by atoms with van der Waals surface area (Å²) >= 11 is 0. The van der Waals surface area contributed by atoms with E-state index in [0.29, 0.717) is 13.0 Å². The molecule has 1 saturated heterocycles. The molecule has 0 spiro atoms. The van der Waals surface area contributed by atoms with Crippen LogP contribution in [0.4, 0.5) is 0 Å². The van der Waals surface area contributed by atoms with Gasteiger partial charge in [-0.15, -0.1) is 0 Å². The standard InChI is InChI=1S/C17H30N4O8/c1-4-5-19-16(27)10(18)6-12(24)21-17-13(20-8(2)22)15(26)14(25)11(29-17)7-28-9(3)23/h10-11,13-15,17,25-26H,4-7,18H2,1-3H3,(H,19,27)(H,20,22)(H,21,24)/t10-,11+,13+,14+,15+,17+/m0/s1. The van der Waals surface area contributed by atoms with E-state index in [9.17, 15) is 29.4 Å². The number of nitrogens with one attached hydrogen (secondary N) is 3. The van der Waals surface area contributed by atoms with Crippen LogP contribution in [0.25, 0.3) is 0 Å². The van der Waals surface area contributed by atoms with E-state index in [0.717, 1.165) is 6.92 Å². The summed E-state index contributed by atoms with van der Waals surface area (Å²) in [5.41, 5.74) is 5.71. The van der Waals surface area contributed by atoms with Crippen LogP contribution in [0.2, 0.25) is 0 Å². The Morgan fingerprint density at radius 2 is 1.79 bits per heavy atom. The number of carbonyl (C=O) groups is 4. The molecule has 0 aromatic rings. The van der Waals surface area contributed by atoms with Crippen molar-refractivity contribution in [2.45, 2.75) is 70.2 Å². The van der Waals surface area contributed by atoms with E-state index in [1.807, 2.05) is 6.92 Å². The van der Waals surface area contributed by atoms with Gasteiger partial charge in [-0.3, -0.25) is 19.2 Å². The van der Waals surface area contributed by atoms with Gasteiger partial charge in [0.05, 0.1) is 12.5 Å². The van der Waals surface area contributed by atoms with Crippen molar-refractivity contribution in [3.05, 3.63) is 0 Å². The molecule has 12 nitrogen and oxygen atoms in total. The number of rotatable bonds is 9. The molecule has 1 rings (SSSR count). The molecule has 0 saturated carbocycles. The molecule has 6 atom stereocenters. The zero-order valence-electron chi connectivity index (χ0n) is 16.7. The van der Waals surface area contributed by atoms with Crippen LogP contribution in [0.5, 0.6) is 0 Å². The van der Waals surface area contributed by atoms with Crippen molar-refractivity contribution < 1.29 is 38.9 Å². The summed E-state index contributed by atoms with van der Waals surface area (Å²) in [6, 6.07) is -2.28. The molecule has 1 fully saturated rings. The Morgan fingerprint density at radius 1 is 1.14 bits per heavy atom. The molecule has 1 aliphatic heterocycles. The molecule has 3 amide bonds.